The van der Waals surface area contributed by atoms with Gasteiger partial charge in [-0.1, -0.05) is 27.2 Å². The summed E-state index contributed by atoms with van der Waals surface area (Å²) in [5, 5.41) is 9.44. The van der Waals surface area contributed by atoms with Crippen LogP contribution in [0.25, 0.3) is 0 Å². The number of hydrogen-bond acceptors (Lipinski definition) is 3. The van der Waals surface area contributed by atoms with E-state index < -0.39 is 17.4 Å². The molecule has 5 heteroatoms. The first-order valence-electron chi connectivity index (χ1n) is 7.60. The zero-order valence-corrected chi connectivity index (χ0v) is 12.9. The van der Waals surface area contributed by atoms with E-state index in [4.69, 9.17) is 5.73 Å². The molecule has 0 unspecified atom stereocenters. The summed E-state index contributed by atoms with van der Waals surface area (Å²) >= 11 is 0. The standard InChI is InChI=1S/C15H28N2O3/c1-4-5-15(14(19)20)6-8-17(9-7-15)13(18)12(16)10-11(2)3/h11-12H,4-10,16H2,1-3H3,(H,19,20)/t12-/m1/s1. The third-order valence-electron chi connectivity index (χ3n) is 4.26. The monoisotopic (exact) mass is 284 g/mol. The van der Waals surface area contributed by atoms with Gasteiger partial charge in [0.1, 0.15) is 0 Å². The molecule has 1 amide bonds. The van der Waals surface area contributed by atoms with Crippen LogP contribution in [0.15, 0.2) is 0 Å². The summed E-state index contributed by atoms with van der Waals surface area (Å²) in [5.41, 5.74) is 5.28. The molecule has 1 heterocycles. The van der Waals surface area contributed by atoms with Gasteiger partial charge in [-0.3, -0.25) is 9.59 Å². The number of carbonyl (C=O) groups excluding carboxylic acids is 1. The maximum atomic E-state index is 12.2. The minimum Gasteiger partial charge on any atom is -0.481 e. The molecule has 1 aliphatic heterocycles. The van der Waals surface area contributed by atoms with Gasteiger partial charge in [0, 0.05) is 13.1 Å². The molecule has 0 bridgehead atoms. The number of nitrogens with two attached hydrogens (primary N) is 1. The summed E-state index contributed by atoms with van der Waals surface area (Å²) in [6, 6.07) is -0.460. The van der Waals surface area contributed by atoms with Crippen molar-refractivity contribution in [3.8, 4) is 0 Å². The Labute approximate surface area is 121 Å². The SMILES string of the molecule is CCCC1(C(=O)O)CCN(C(=O)[C@H](N)CC(C)C)CC1. The Kier molecular flexibility index (Phi) is 5.99. The number of aliphatic carboxylic acids is 1. The molecule has 0 saturated carbocycles. The fourth-order valence-corrected chi connectivity index (χ4v) is 3.05. The van der Waals surface area contributed by atoms with Crippen molar-refractivity contribution >= 4 is 11.9 Å². The molecule has 0 aliphatic carbocycles. The van der Waals surface area contributed by atoms with Crippen molar-refractivity contribution in [2.45, 2.75) is 58.9 Å². The number of carboxylic acid groups (broad SMARTS) is 1. The molecule has 5 nitrogen and oxygen atoms in total. The molecule has 1 aliphatic rings. The highest BCUT2D eigenvalue weighted by atomic mass is 16.4. The fraction of sp³-hybridized carbons (Fsp3) is 0.867. The maximum Gasteiger partial charge on any atom is 0.309 e. The van der Waals surface area contributed by atoms with Crippen molar-refractivity contribution in [2.75, 3.05) is 13.1 Å². The van der Waals surface area contributed by atoms with Crippen LogP contribution in [-0.2, 0) is 9.59 Å². The quantitative estimate of drug-likeness (QED) is 0.779. The molecule has 3 N–H and O–H groups in total. The summed E-state index contributed by atoms with van der Waals surface area (Å²) < 4.78 is 0. The Balaban J connectivity index is 2.60. The predicted molar refractivity (Wildman–Crippen MR) is 78.2 cm³/mol. The van der Waals surface area contributed by atoms with Crippen LogP contribution in [0, 0.1) is 11.3 Å². The van der Waals surface area contributed by atoms with Gasteiger partial charge in [-0.05, 0) is 31.6 Å². The van der Waals surface area contributed by atoms with Crippen LogP contribution in [-0.4, -0.2) is 41.0 Å². The molecule has 1 fully saturated rings. The van der Waals surface area contributed by atoms with E-state index in [2.05, 4.69) is 0 Å². The zero-order valence-electron chi connectivity index (χ0n) is 12.9. The van der Waals surface area contributed by atoms with Crippen LogP contribution in [0.5, 0.6) is 0 Å². The van der Waals surface area contributed by atoms with Crippen LogP contribution in [0.4, 0.5) is 0 Å². The lowest BCUT2D eigenvalue weighted by Gasteiger charge is -2.39. The lowest BCUT2D eigenvalue weighted by atomic mass is 9.75. The van der Waals surface area contributed by atoms with Gasteiger partial charge < -0.3 is 15.7 Å². The van der Waals surface area contributed by atoms with Gasteiger partial charge in [0.25, 0.3) is 0 Å². The van der Waals surface area contributed by atoms with Gasteiger partial charge in [-0.25, -0.2) is 0 Å². The smallest absolute Gasteiger partial charge is 0.309 e. The minimum atomic E-state index is -0.724. The van der Waals surface area contributed by atoms with Gasteiger partial charge >= 0.3 is 5.97 Å². The fourth-order valence-electron chi connectivity index (χ4n) is 3.05. The maximum absolute atomic E-state index is 12.2. The van der Waals surface area contributed by atoms with Gasteiger partial charge in [0.2, 0.25) is 5.91 Å². The highest BCUT2D eigenvalue weighted by Crippen LogP contribution is 2.36. The zero-order chi connectivity index (χ0) is 15.3. The largest absolute Gasteiger partial charge is 0.481 e. The lowest BCUT2D eigenvalue weighted by molar-refractivity contribution is -0.155. The normalized spacial score (nSPS) is 19.9. The molecule has 0 aromatic carbocycles. The molecule has 0 radical (unpaired) electrons. The Bertz CT molecular complexity index is 347. The summed E-state index contributed by atoms with van der Waals surface area (Å²) in [6.45, 7) is 7.11. The topological polar surface area (TPSA) is 83.6 Å². The Morgan fingerprint density at radius 3 is 2.25 bits per heavy atom. The first-order valence-corrected chi connectivity index (χ1v) is 7.60. The molecular formula is C15H28N2O3. The number of hydrogen-bond donors (Lipinski definition) is 2. The number of piperidine rings is 1. The third kappa shape index (κ3) is 3.95. The molecule has 0 spiro atoms. The van der Waals surface area contributed by atoms with Gasteiger partial charge in [-0.15, -0.1) is 0 Å². The van der Waals surface area contributed by atoms with E-state index in [0.717, 1.165) is 6.42 Å². The molecule has 1 rings (SSSR count). The molecule has 116 valence electrons. The molecular weight excluding hydrogens is 256 g/mol. The van der Waals surface area contributed by atoms with Crippen molar-refractivity contribution < 1.29 is 14.7 Å². The number of rotatable bonds is 6. The summed E-state index contributed by atoms with van der Waals surface area (Å²) in [4.78, 5) is 25.5. The number of carboxylic acids is 1. The van der Waals surface area contributed by atoms with E-state index in [0.29, 0.717) is 44.7 Å². The van der Waals surface area contributed by atoms with Crippen LogP contribution in [0.2, 0.25) is 0 Å². The first-order chi connectivity index (χ1) is 9.32. The van der Waals surface area contributed by atoms with Crippen molar-refractivity contribution in [1.82, 2.24) is 4.90 Å². The Morgan fingerprint density at radius 2 is 1.85 bits per heavy atom. The highest BCUT2D eigenvalue weighted by molar-refractivity contribution is 5.82. The average Bonchev–Trinajstić information content (AvgIpc) is 2.38. The second-order valence-electron chi connectivity index (χ2n) is 6.40. The highest BCUT2D eigenvalue weighted by Gasteiger charge is 2.41. The first kappa shape index (κ1) is 17.0. The predicted octanol–water partition coefficient (Wildman–Crippen LogP) is 1.85. The van der Waals surface area contributed by atoms with Crippen LogP contribution < -0.4 is 5.73 Å². The van der Waals surface area contributed by atoms with E-state index in [-0.39, 0.29) is 5.91 Å². The van der Waals surface area contributed by atoms with Crippen molar-refractivity contribution in [3.05, 3.63) is 0 Å². The number of carbonyl (C=O) groups is 2. The second-order valence-corrected chi connectivity index (χ2v) is 6.40. The number of nitrogens with zero attached hydrogens (tertiary/aromatic N) is 1. The molecule has 0 aromatic rings. The van der Waals surface area contributed by atoms with Gasteiger partial charge in [0.15, 0.2) is 0 Å². The average molecular weight is 284 g/mol. The summed E-state index contributed by atoms with van der Waals surface area (Å²) in [5.74, 6) is -0.371. The van der Waals surface area contributed by atoms with E-state index in [1.807, 2.05) is 20.8 Å². The van der Waals surface area contributed by atoms with Crippen LogP contribution in [0.3, 0.4) is 0 Å². The van der Waals surface area contributed by atoms with E-state index >= 15 is 0 Å². The number of likely N-dealkylation sites (tertiary alicyclic amines) is 1. The Hall–Kier alpha value is -1.10. The molecule has 20 heavy (non-hydrogen) atoms. The molecule has 1 saturated heterocycles. The number of amides is 1. The van der Waals surface area contributed by atoms with Crippen molar-refractivity contribution in [1.29, 1.82) is 0 Å². The Morgan fingerprint density at radius 1 is 1.30 bits per heavy atom. The van der Waals surface area contributed by atoms with Gasteiger partial charge in [0.05, 0.1) is 11.5 Å². The van der Waals surface area contributed by atoms with Gasteiger partial charge in [-0.2, -0.15) is 0 Å². The minimum absolute atomic E-state index is 0.0332. The summed E-state index contributed by atoms with van der Waals surface area (Å²) in [6.07, 6.45) is 3.29. The van der Waals surface area contributed by atoms with Crippen molar-refractivity contribution in [2.24, 2.45) is 17.1 Å². The van der Waals surface area contributed by atoms with E-state index in [1.165, 1.54) is 0 Å². The van der Waals surface area contributed by atoms with E-state index in [9.17, 15) is 14.7 Å². The molecule has 0 aromatic heterocycles. The lowest BCUT2D eigenvalue weighted by Crippen LogP contribution is -2.51. The van der Waals surface area contributed by atoms with Crippen LogP contribution >= 0.6 is 0 Å². The van der Waals surface area contributed by atoms with E-state index in [1.54, 1.807) is 4.90 Å². The van der Waals surface area contributed by atoms with Crippen molar-refractivity contribution in [3.63, 3.8) is 0 Å². The second kappa shape index (κ2) is 7.07. The van der Waals surface area contributed by atoms with Crippen LogP contribution in [0.1, 0.15) is 52.9 Å². The summed E-state index contributed by atoms with van der Waals surface area (Å²) in [7, 11) is 0. The molecule has 1 atom stereocenters. The third-order valence-corrected chi connectivity index (χ3v) is 4.26.